The van der Waals surface area contributed by atoms with Crippen molar-refractivity contribution in [1.29, 1.82) is 0 Å². The Morgan fingerprint density at radius 2 is 1.83 bits per heavy atom. The molecule has 0 radical (unpaired) electrons. The van der Waals surface area contributed by atoms with E-state index in [0.29, 0.717) is 47.0 Å². The summed E-state index contributed by atoms with van der Waals surface area (Å²) < 4.78 is 1.18. The van der Waals surface area contributed by atoms with Gasteiger partial charge in [-0.3, -0.25) is 14.4 Å². The molecule has 4 rings (SSSR count). The molecule has 5 N–H and O–H groups in total. The molecule has 1 aromatic carbocycles. The molecule has 10 heteroatoms. The van der Waals surface area contributed by atoms with Gasteiger partial charge in [-0.1, -0.05) is 24.8 Å². The number of nitrogens with zero attached hydrogens (tertiary/aromatic N) is 4. The van der Waals surface area contributed by atoms with Crippen LogP contribution in [0, 0.1) is 6.92 Å². The van der Waals surface area contributed by atoms with E-state index in [-0.39, 0.29) is 17.5 Å². The maximum Gasteiger partial charge on any atom is 0.269 e. The number of aromatic nitrogens is 3. The first-order valence-electron chi connectivity index (χ1n) is 11.7. The third-order valence-corrected chi connectivity index (χ3v) is 6.17. The lowest BCUT2D eigenvalue weighted by Gasteiger charge is -2.35. The van der Waals surface area contributed by atoms with E-state index >= 15 is 0 Å². The number of primary amides is 1. The van der Waals surface area contributed by atoms with E-state index in [0.717, 1.165) is 18.4 Å². The van der Waals surface area contributed by atoms with Crippen molar-refractivity contribution < 1.29 is 14.4 Å². The number of nitrogen functional groups attached to an aromatic ring is 1. The molecule has 3 heterocycles. The van der Waals surface area contributed by atoms with Crippen molar-refractivity contribution in [3.63, 3.8) is 0 Å². The molecule has 1 atom stereocenters. The summed E-state index contributed by atoms with van der Waals surface area (Å²) in [5.41, 5.74) is 8.36. The first kappa shape index (κ1) is 24.6. The number of rotatable bonds is 6. The van der Waals surface area contributed by atoms with Crippen molar-refractivity contribution >= 4 is 23.5 Å². The Morgan fingerprint density at radius 3 is 2.44 bits per heavy atom. The summed E-state index contributed by atoms with van der Waals surface area (Å²) in [7, 11) is 0. The average Bonchev–Trinajstić information content (AvgIpc) is 3.22. The Labute approximate surface area is 209 Å². The second-order valence-corrected chi connectivity index (χ2v) is 8.94. The van der Waals surface area contributed by atoms with Gasteiger partial charge in [0.15, 0.2) is 11.5 Å². The quantitative estimate of drug-likeness (QED) is 0.359. The van der Waals surface area contributed by atoms with Gasteiger partial charge in [0.1, 0.15) is 11.5 Å². The fraction of sp³-hybridized carbons (Fsp3) is 0.269. The number of hydrogen-bond acceptors (Lipinski definition) is 6. The highest BCUT2D eigenvalue weighted by Gasteiger charge is 2.34. The number of carbonyl (C=O) groups excluding carboxylic acids is 3. The van der Waals surface area contributed by atoms with Crippen LogP contribution in [0.3, 0.4) is 0 Å². The number of nitrogens with two attached hydrogens (primary N) is 2. The number of pyridine rings is 1. The maximum absolute atomic E-state index is 12.8. The molecule has 1 aliphatic heterocycles. The van der Waals surface area contributed by atoms with Crippen LogP contribution in [0.2, 0.25) is 0 Å². The van der Waals surface area contributed by atoms with E-state index < -0.39 is 11.9 Å². The lowest BCUT2D eigenvalue weighted by molar-refractivity contribution is -0.131. The van der Waals surface area contributed by atoms with Crippen molar-refractivity contribution in [3.8, 4) is 11.3 Å². The SMILES string of the molecule is C=C(C)C(=O)N1CCCC[C@H]1c1nc(-c2ccc(C(=O)Nc3ccc(C)cn3)cc2)c(C(N)=O)n1N. The van der Waals surface area contributed by atoms with Crippen LogP contribution >= 0.6 is 0 Å². The second-order valence-electron chi connectivity index (χ2n) is 8.94. The highest BCUT2D eigenvalue weighted by Crippen LogP contribution is 2.34. The number of aryl methyl sites for hydroxylation is 1. The Morgan fingerprint density at radius 1 is 1.11 bits per heavy atom. The topological polar surface area (TPSA) is 149 Å². The Kier molecular flexibility index (Phi) is 6.86. The molecule has 36 heavy (non-hydrogen) atoms. The standard InChI is InChI=1S/C26H29N7O3/c1-15(2)26(36)32-13-5-4-6-19(32)24-31-21(22(23(27)34)33(24)28)17-8-10-18(11-9-17)25(35)30-20-12-7-16(3)14-29-20/h7-12,14,19H,1,4-6,13,28H2,2-3H3,(H2,27,34)(H,29,30,35)/t19-/m0/s1. The molecule has 0 unspecified atom stereocenters. The van der Waals surface area contributed by atoms with Crippen molar-refractivity contribution in [3.05, 3.63) is 77.4 Å². The highest BCUT2D eigenvalue weighted by molar-refractivity contribution is 6.04. The van der Waals surface area contributed by atoms with Crippen LogP contribution in [0.5, 0.6) is 0 Å². The normalized spacial score (nSPS) is 15.4. The van der Waals surface area contributed by atoms with Crippen LogP contribution in [0.25, 0.3) is 11.3 Å². The number of hydrogen-bond donors (Lipinski definition) is 3. The van der Waals surface area contributed by atoms with E-state index in [4.69, 9.17) is 11.6 Å². The van der Waals surface area contributed by atoms with E-state index in [1.54, 1.807) is 48.4 Å². The first-order chi connectivity index (χ1) is 17.2. The molecular formula is C26H29N7O3. The van der Waals surface area contributed by atoms with Gasteiger partial charge in [0.2, 0.25) is 5.91 Å². The zero-order valence-electron chi connectivity index (χ0n) is 20.3. The molecule has 2 aromatic heterocycles. The number of piperidine rings is 1. The summed E-state index contributed by atoms with van der Waals surface area (Å²) in [4.78, 5) is 48.3. The van der Waals surface area contributed by atoms with Crippen LogP contribution < -0.4 is 16.9 Å². The molecule has 1 aliphatic rings. The number of amides is 3. The monoisotopic (exact) mass is 487 g/mol. The van der Waals surface area contributed by atoms with Gasteiger partial charge < -0.3 is 21.8 Å². The van der Waals surface area contributed by atoms with Gasteiger partial charge >= 0.3 is 0 Å². The minimum Gasteiger partial charge on any atom is -0.364 e. The second kappa shape index (κ2) is 10.0. The average molecular weight is 488 g/mol. The summed E-state index contributed by atoms with van der Waals surface area (Å²) in [6.07, 6.45) is 4.07. The Balaban J connectivity index is 1.65. The van der Waals surface area contributed by atoms with E-state index in [1.807, 2.05) is 13.0 Å². The molecule has 0 aliphatic carbocycles. The van der Waals surface area contributed by atoms with Crippen LogP contribution in [-0.4, -0.2) is 43.8 Å². The lowest BCUT2D eigenvalue weighted by atomic mass is 10.0. The number of anilines is 1. The van der Waals surface area contributed by atoms with E-state index in [9.17, 15) is 14.4 Å². The van der Waals surface area contributed by atoms with Crippen molar-refractivity contribution in [2.45, 2.75) is 39.2 Å². The summed E-state index contributed by atoms with van der Waals surface area (Å²) in [6, 6.07) is 9.76. The smallest absolute Gasteiger partial charge is 0.269 e. The molecule has 3 amide bonds. The van der Waals surface area contributed by atoms with Crippen LogP contribution in [-0.2, 0) is 4.79 Å². The number of nitrogens with one attached hydrogen (secondary N) is 1. The van der Waals surface area contributed by atoms with Gasteiger partial charge in [0, 0.05) is 29.4 Å². The summed E-state index contributed by atoms with van der Waals surface area (Å²) in [5, 5.41) is 2.75. The minimum atomic E-state index is -0.743. The number of likely N-dealkylation sites (tertiary alicyclic amines) is 1. The number of imidazole rings is 1. The summed E-state index contributed by atoms with van der Waals surface area (Å²) in [6.45, 7) is 7.89. The summed E-state index contributed by atoms with van der Waals surface area (Å²) >= 11 is 0. The fourth-order valence-electron chi connectivity index (χ4n) is 4.32. The predicted octanol–water partition coefficient (Wildman–Crippen LogP) is 2.95. The Bertz CT molecular complexity index is 1330. The molecule has 3 aromatic rings. The number of benzene rings is 1. The molecule has 186 valence electrons. The van der Waals surface area contributed by atoms with E-state index in [2.05, 4.69) is 21.9 Å². The first-order valence-corrected chi connectivity index (χ1v) is 11.7. The molecule has 0 spiro atoms. The van der Waals surface area contributed by atoms with Gasteiger partial charge in [-0.25, -0.2) is 14.6 Å². The van der Waals surface area contributed by atoms with Crippen LogP contribution in [0.15, 0.2) is 54.7 Å². The largest absolute Gasteiger partial charge is 0.364 e. The van der Waals surface area contributed by atoms with Gasteiger partial charge in [0.05, 0.1) is 6.04 Å². The van der Waals surface area contributed by atoms with Crippen molar-refractivity contribution in [2.75, 3.05) is 17.7 Å². The predicted molar refractivity (Wildman–Crippen MR) is 136 cm³/mol. The van der Waals surface area contributed by atoms with Gasteiger partial charge in [-0.05, 0) is 56.9 Å². The molecule has 1 saturated heterocycles. The number of carbonyl (C=O) groups is 3. The molecule has 0 saturated carbocycles. The van der Waals surface area contributed by atoms with Crippen molar-refractivity contribution in [2.24, 2.45) is 5.73 Å². The third kappa shape index (κ3) is 4.83. The Hall–Kier alpha value is -4.47. The molecule has 10 nitrogen and oxygen atoms in total. The lowest BCUT2D eigenvalue weighted by Crippen LogP contribution is -2.41. The minimum absolute atomic E-state index is 0.0272. The highest BCUT2D eigenvalue weighted by atomic mass is 16.2. The van der Waals surface area contributed by atoms with Crippen LogP contribution in [0.4, 0.5) is 5.82 Å². The maximum atomic E-state index is 12.8. The zero-order valence-corrected chi connectivity index (χ0v) is 20.3. The van der Waals surface area contributed by atoms with Crippen molar-refractivity contribution in [1.82, 2.24) is 19.5 Å². The van der Waals surface area contributed by atoms with Gasteiger partial charge in [-0.15, -0.1) is 0 Å². The summed E-state index contributed by atoms with van der Waals surface area (Å²) in [5.74, 6) is 5.88. The van der Waals surface area contributed by atoms with Gasteiger partial charge in [0.25, 0.3) is 11.8 Å². The fourth-order valence-corrected chi connectivity index (χ4v) is 4.32. The van der Waals surface area contributed by atoms with E-state index in [1.165, 1.54) is 4.68 Å². The molecule has 1 fully saturated rings. The zero-order chi connectivity index (χ0) is 26.0. The van der Waals surface area contributed by atoms with Gasteiger partial charge in [-0.2, -0.15) is 0 Å². The molecule has 0 bridgehead atoms. The van der Waals surface area contributed by atoms with Crippen LogP contribution in [0.1, 0.15) is 64.5 Å². The molecular weight excluding hydrogens is 458 g/mol. The third-order valence-electron chi connectivity index (χ3n) is 6.17.